The number of hydrogen-bond donors (Lipinski definition) is 3. The van der Waals surface area contributed by atoms with Crippen molar-refractivity contribution in [2.75, 3.05) is 13.2 Å². The molecule has 0 radical (unpaired) electrons. The second-order valence-electron chi connectivity index (χ2n) is 7.76. The highest BCUT2D eigenvalue weighted by atomic mass is 127. The predicted octanol–water partition coefficient (Wildman–Crippen LogP) is 3.98. The van der Waals surface area contributed by atoms with Crippen LogP contribution in [-0.2, 0) is 11.3 Å². The van der Waals surface area contributed by atoms with E-state index in [1.54, 1.807) is 6.07 Å². The topological polar surface area (TPSA) is 74.8 Å². The van der Waals surface area contributed by atoms with Gasteiger partial charge in [-0.05, 0) is 64.7 Å². The van der Waals surface area contributed by atoms with Gasteiger partial charge in [-0.3, -0.25) is 4.79 Å². The lowest BCUT2D eigenvalue weighted by atomic mass is 9.85. The Morgan fingerprint density at radius 3 is 2.70 bits per heavy atom. The maximum absolute atomic E-state index is 14.0. The molecule has 2 unspecified atom stereocenters. The number of rotatable bonds is 8. The molecule has 1 amide bonds. The van der Waals surface area contributed by atoms with Gasteiger partial charge in [-0.15, -0.1) is 24.0 Å². The molecule has 1 fully saturated rings. The van der Waals surface area contributed by atoms with Gasteiger partial charge in [0.05, 0.1) is 13.2 Å². The van der Waals surface area contributed by atoms with Crippen LogP contribution in [0.3, 0.4) is 0 Å². The first kappa shape index (κ1) is 26.5. The van der Waals surface area contributed by atoms with Gasteiger partial charge >= 0.3 is 0 Å². The van der Waals surface area contributed by atoms with Gasteiger partial charge in [-0.25, -0.2) is 9.38 Å². The third-order valence-electron chi connectivity index (χ3n) is 4.88. The molecule has 0 heterocycles. The molecule has 1 aliphatic rings. The normalized spacial score (nSPS) is 19.1. The first-order valence-electron chi connectivity index (χ1n) is 10.7. The fourth-order valence-corrected chi connectivity index (χ4v) is 3.56. The summed E-state index contributed by atoms with van der Waals surface area (Å²) >= 11 is 0. The lowest BCUT2D eigenvalue weighted by Gasteiger charge is -2.30. The third-order valence-corrected chi connectivity index (χ3v) is 4.88. The molecule has 1 aliphatic carbocycles. The zero-order valence-corrected chi connectivity index (χ0v) is 20.8. The van der Waals surface area contributed by atoms with E-state index in [4.69, 9.17) is 4.74 Å². The summed E-state index contributed by atoms with van der Waals surface area (Å²) in [6.45, 7) is 9.32. The molecule has 1 saturated carbocycles. The Bertz CT molecular complexity index is 700. The molecular weight excluding hydrogens is 498 g/mol. The second kappa shape index (κ2) is 13.7. The van der Waals surface area contributed by atoms with E-state index < -0.39 is 0 Å². The molecule has 1 aromatic rings. The minimum Gasteiger partial charge on any atom is -0.491 e. The molecular formula is C22H36FIN4O2. The standard InChI is InChI=1S/C22H35FN4O2.HI/c1-5-24-22(25-14-16-10-11-20(29-6-2)19(23)12-16)27-18-9-7-8-17(13-18)21(28)26-15(3)4;/h10-12,15,17-18H,5-9,13-14H2,1-4H3,(H,26,28)(H2,24,25,27);1H. The van der Waals surface area contributed by atoms with Crippen molar-refractivity contribution < 1.29 is 13.9 Å². The summed E-state index contributed by atoms with van der Waals surface area (Å²) in [6, 6.07) is 5.29. The molecule has 0 bridgehead atoms. The van der Waals surface area contributed by atoms with Gasteiger partial charge in [0.2, 0.25) is 5.91 Å². The van der Waals surface area contributed by atoms with Crippen LogP contribution < -0.4 is 20.7 Å². The van der Waals surface area contributed by atoms with E-state index in [1.807, 2.05) is 33.8 Å². The number of nitrogens with zero attached hydrogens (tertiary/aromatic N) is 1. The van der Waals surface area contributed by atoms with Crippen LogP contribution in [0.15, 0.2) is 23.2 Å². The van der Waals surface area contributed by atoms with Crippen LogP contribution in [0.4, 0.5) is 4.39 Å². The van der Waals surface area contributed by atoms with Gasteiger partial charge in [0.1, 0.15) is 0 Å². The summed E-state index contributed by atoms with van der Waals surface area (Å²) in [4.78, 5) is 17.0. The Kier molecular flexibility index (Phi) is 12.1. The summed E-state index contributed by atoms with van der Waals surface area (Å²) in [5.41, 5.74) is 0.779. The molecule has 30 heavy (non-hydrogen) atoms. The summed E-state index contributed by atoms with van der Waals surface area (Å²) < 4.78 is 19.3. The number of carbonyl (C=O) groups excluding carboxylic acids is 1. The summed E-state index contributed by atoms with van der Waals surface area (Å²) in [5, 5.41) is 9.71. The highest BCUT2D eigenvalue weighted by Gasteiger charge is 2.28. The smallest absolute Gasteiger partial charge is 0.223 e. The maximum atomic E-state index is 14.0. The Balaban J connectivity index is 0.00000450. The van der Waals surface area contributed by atoms with Gasteiger partial charge in [-0.2, -0.15) is 0 Å². The number of benzene rings is 1. The Morgan fingerprint density at radius 1 is 1.30 bits per heavy atom. The molecule has 2 rings (SSSR count). The average Bonchev–Trinajstić information content (AvgIpc) is 2.68. The van der Waals surface area contributed by atoms with Crippen molar-refractivity contribution in [1.82, 2.24) is 16.0 Å². The minimum atomic E-state index is -0.371. The van der Waals surface area contributed by atoms with Crippen molar-refractivity contribution >= 4 is 35.8 Å². The molecule has 170 valence electrons. The molecule has 2 atom stereocenters. The van der Waals surface area contributed by atoms with E-state index in [2.05, 4.69) is 20.9 Å². The van der Waals surface area contributed by atoms with Crippen LogP contribution in [0.5, 0.6) is 5.75 Å². The second-order valence-corrected chi connectivity index (χ2v) is 7.76. The van der Waals surface area contributed by atoms with E-state index >= 15 is 0 Å². The van der Waals surface area contributed by atoms with Crippen molar-refractivity contribution in [2.45, 2.75) is 72.0 Å². The number of carbonyl (C=O) groups is 1. The Labute approximate surface area is 196 Å². The van der Waals surface area contributed by atoms with Crippen molar-refractivity contribution in [3.63, 3.8) is 0 Å². The number of amides is 1. The zero-order valence-electron chi connectivity index (χ0n) is 18.5. The van der Waals surface area contributed by atoms with Crippen molar-refractivity contribution in [1.29, 1.82) is 0 Å². The monoisotopic (exact) mass is 534 g/mol. The summed E-state index contributed by atoms with van der Waals surface area (Å²) in [6.07, 6.45) is 3.74. The first-order chi connectivity index (χ1) is 13.9. The molecule has 0 aliphatic heterocycles. The van der Waals surface area contributed by atoms with E-state index in [0.717, 1.165) is 37.8 Å². The fourth-order valence-electron chi connectivity index (χ4n) is 3.56. The lowest BCUT2D eigenvalue weighted by Crippen LogP contribution is -2.47. The number of halogens is 2. The lowest BCUT2D eigenvalue weighted by molar-refractivity contribution is -0.126. The van der Waals surface area contributed by atoms with E-state index in [9.17, 15) is 9.18 Å². The van der Waals surface area contributed by atoms with Crippen LogP contribution in [0, 0.1) is 11.7 Å². The highest BCUT2D eigenvalue weighted by Crippen LogP contribution is 2.25. The number of nitrogens with one attached hydrogen (secondary N) is 3. The molecule has 6 nitrogen and oxygen atoms in total. The number of guanidine groups is 1. The molecule has 0 spiro atoms. The first-order valence-corrected chi connectivity index (χ1v) is 10.7. The molecule has 8 heteroatoms. The van der Waals surface area contributed by atoms with Gasteiger partial charge in [-0.1, -0.05) is 12.5 Å². The van der Waals surface area contributed by atoms with Crippen molar-refractivity contribution in [2.24, 2.45) is 10.9 Å². The largest absolute Gasteiger partial charge is 0.491 e. The van der Waals surface area contributed by atoms with E-state index in [-0.39, 0.29) is 59.5 Å². The molecule has 3 N–H and O–H groups in total. The van der Waals surface area contributed by atoms with Crippen molar-refractivity contribution in [3.05, 3.63) is 29.6 Å². The van der Waals surface area contributed by atoms with Crippen LogP contribution in [0.25, 0.3) is 0 Å². The fraction of sp³-hybridized carbons (Fsp3) is 0.636. The van der Waals surface area contributed by atoms with Crippen molar-refractivity contribution in [3.8, 4) is 5.75 Å². The predicted molar refractivity (Wildman–Crippen MR) is 130 cm³/mol. The quantitative estimate of drug-likeness (QED) is 0.268. The molecule has 0 saturated heterocycles. The van der Waals surface area contributed by atoms with Gasteiger partial charge in [0.15, 0.2) is 17.5 Å². The summed E-state index contributed by atoms with van der Waals surface area (Å²) in [5.74, 6) is 0.753. The molecule has 0 aromatic heterocycles. The summed E-state index contributed by atoms with van der Waals surface area (Å²) in [7, 11) is 0. The third kappa shape index (κ3) is 8.65. The Morgan fingerprint density at radius 2 is 2.07 bits per heavy atom. The minimum absolute atomic E-state index is 0. The number of aliphatic imine (C=N–C) groups is 1. The molecule has 1 aromatic carbocycles. The van der Waals surface area contributed by atoms with Gasteiger partial charge < -0.3 is 20.7 Å². The number of hydrogen-bond acceptors (Lipinski definition) is 3. The SMILES string of the molecule is CCNC(=NCc1ccc(OCC)c(F)c1)NC1CCCC(C(=O)NC(C)C)C1.I. The van der Waals surface area contributed by atoms with E-state index in [0.29, 0.717) is 19.1 Å². The Hall–Kier alpha value is -1.58. The van der Waals surface area contributed by atoms with Crippen LogP contribution >= 0.6 is 24.0 Å². The van der Waals surface area contributed by atoms with Gasteiger partial charge in [0, 0.05) is 24.5 Å². The zero-order chi connectivity index (χ0) is 21.2. The van der Waals surface area contributed by atoms with Crippen LogP contribution in [0.2, 0.25) is 0 Å². The number of ether oxygens (including phenoxy) is 1. The van der Waals surface area contributed by atoms with Crippen LogP contribution in [-0.4, -0.2) is 37.1 Å². The highest BCUT2D eigenvalue weighted by molar-refractivity contribution is 14.0. The average molecular weight is 534 g/mol. The van der Waals surface area contributed by atoms with Crippen LogP contribution in [0.1, 0.15) is 58.9 Å². The maximum Gasteiger partial charge on any atom is 0.223 e. The van der Waals surface area contributed by atoms with Gasteiger partial charge in [0.25, 0.3) is 0 Å². The van der Waals surface area contributed by atoms with E-state index in [1.165, 1.54) is 6.07 Å².